The van der Waals surface area contributed by atoms with E-state index >= 15 is 0 Å². The molecule has 4 nitrogen and oxygen atoms in total. The van der Waals surface area contributed by atoms with Gasteiger partial charge in [-0.1, -0.05) is 12.1 Å². The van der Waals surface area contributed by atoms with Crippen LogP contribution in [0.15, 0.2) is 46.8 Å². The van der Waals surface area contributed by atoms with Crippen LogP contribution >= 0.6 is 0 Å². The summed E-state index contributed by atoms with van der Waals surface area (Å²) in [5.41, 5.74) is -1.41. The van der Waals surface area contributed by atoms with Crippen LogP contribution in [-0.4, -0.2) is 24.5 Å². The van der Waals surface area contributed by atoms with Crippen LogP contribution in [0, 0.1) is 5.82 Å². The predicted molar refractivity (Wildman–Crippen MR) is 87.9 cm³/mol. The van der Waals surface area contributed by atoms with Crippen LogP contribution in [0.4, 0.5) is 17.6 Å². The first-order valence-corrected chi connectivity index (χ1v) is 8.51. The van der Waals surface area contributed by atoms with Gasteiger partial charge < -0.3 is 10.1 Å². The molecule has 1 aliphatic heterocycles. The summed E-state index contributed by atoms with van der Waals surface area (Å²) in [5, 5.41) is 2.26. The fraction of sp³-hybridized carbons (Fsp3) is 0.368. The number of ketones is 1. The Hall–Kier alpha value is -2.64. The minimum Gasteiger partial charge on any atom is -0.463 e. The molecule has 0 spiro atoms. The number of rotatable bonds is 3. The Kier molecular flexibility index (Phi) is 5.08. The van der Waals surface area contributed by atoms with E-state index in [1.165, 1.54) is 19.1 Å². The van der Waals surface area contributed by atoms with Gasteiger partial charge in [0.15, 0.2) is 5.78 Å². The van der Waals surface area contributed by atoms with Crippen LogP contribution in [0.5, 0.6) is 0 Å². The number of carbonyl (C=O) groups excluding carboxylic acids is 2. The Morgan fingerprint density at radius 1 is 1.22 bits per heavy atom. The number of allylic oxidation sites excluding steroid dienone is 3. The maximum absolute atomic E-state index is 13.7. The third-order valence-corrected chi connectivity index (χ3v) is 4.56. The number of alkyl halides is 3. The lowest BCUT2D eigenvalue weighted by Crippen LogP contribution is -2.40. The number of benzene rings is 1. The molecule has 0 saturated heterocycles. The highest BCUT2D eigenvalue weighted by Gasteiger charge is 2.48. The molecule has 8 heteroatoms. The van der Waals surface area contributed by atoms with E-state index in [1.807, 2.05) is 0 Å². The molecule has 1 N–H and O–H groups in total. The van der Waals surface area contributed by atoms with Crippen molar-refractivity contribution in [2.24, 2.45) is 0 Å². The van der Waals surface area contributed by atoms with Crippen molar-refractivity contribution >= 4 is 11.8 Å². The molecule has 3 rings (SSSR count). The van der Waals surface area contributed by atoms with Crippen LogP contribution in [0.3, 0.4) is 0 Å². The number of hydrogen-bond acceptors (Lipinski definition) is 4. The Labute approximate surface area is 152 Å². The zero-order valence-corrected chi connectivity index (χ0v) is 14.5. The highest BCUT2D eigenvalue weighted by atomic mass is 19.4. The monoisotopic (exact) mass is 383 g/mol. The normalized spacial score (nSPS) is 20.3. The van der Waals surface area contributed by atoms with Gasteiger partial charge in [-0.15, -0.1) is 0 Å². The van der Waals surface area contributed by atoms with Crippen molar-refractivity contribution in [3.05, 3.63) is 58.2 Å². The predicted octanol–water partition coefficient (Wildman–Crippen LogP) is 3.90. The summed E-state index contributed by atoms with van der Waals surface area (Å²) in [6.45, 7) is 1.36. The number of carbonyl (C=O) groups is 2. The number of halogens is 4. The minimum absolute atomic E-state index is 0.115. The molecule has 0 bridgehead atoms. The maximum atomic E-state index is 13.7. The van der Waals surface area contributed by atoms with E-state index in [-0.39, 0.29) is 42.1 Å². The van der Waals surface area contributed by atoms with Gasteiger partial charge in [-0.3, -0.25) is 4.79 Å². The highest BCUT2D eigenvalue weighted by Crippen LogP contribution is 2.45. The summed E-state index contributed by atoms with van der Waals surface area (Å²) in [4.78, 5) is 25.0. The Bertz CT molecular complexity index is 838. The summed E-state index contributed by atoms with van der Waals surface area (Å²) in [6.07, 6.45) is -4.00. The molecular weight excluding hydrogens is 366 g/mol. The second kappa shape index (κ2) is 7.17. The third kappa shape index (κ3) is 3.61. The van der Waals surface area contributed by atoms with Crippen molar-refractivity contribution in [1.29, 1.82) is 0 Å². The Balaban J connectivity index is 2.26. The number of nitrogens with one attached hydrogen (secondary N) is 1. The fourth-order valence-corrected chi connectivity index (χ4v) is 3.48. The molecule has 144 valence electrons. The van der Waals surface area contributed by atoms with Crippen molar-refractivity contribution in [3.63, 3.8) is 0 Å². The van der Waals surface area contributed by atoms with Crippen LogP contribution in [-0.2, 0) is 14.3 Å². The van der Waals surface area contributed by atoms with E-state index in [9.17, 15) is 27.2 Å². The molecule has 27 heavy (non-hydrogen) atoms. The second-order valence-corrected chi connectivity index (χ2v) is 6.29. The lowest BCUT2D eigenvalue weighted by Gasteiger charge is -2.35. The van der Waals surface area contributed by atoms with Gasteiger partial charge >= 0.3 is 12.1 Å². The van der Waals surface area contributed by atoms with E-state index in [1.54, 1.807) is 0 Å². The van der Waals surface area contributed by atoms with E-state index in [0.29, 0.717) is 6.42 Å². The number of ether oxygens (including phenoxy) is 1. The molecule has 1 heterocycles. The van der Waals surface area contributed by atoms with Gasteiger partial charge in [0, 0.05) is 23.6 Å². The Morgan fingerprint density at radius 2 is 1.89 bits per heavy atom. The van der Waals surface area contributed by atoms with E-state index in [2.05, 4.69) is 5.32 Å². The molecule has 1 aromatic carbocycles. The topological polar surface area (TPSA) is 55.4 Å². The summed E-state index contributed by atoms with van der Waals surface area (Å²) >= 11 is 0. The van der Waals surface area contributed by atoms with Crippen molar-refractivity contribution in [3.8, 4) is 0 Å². The van der Waals surface area contributed by atoms with Crippen molar-refractivity contribution in [2.45, 2.75) is 38.3 Å². The van der Waals surface area contributed by atoms with Gasteiger partial charge in [0.1, 0.15) is 11.5 Å². The third-order valence-electron chi connectivity index (χ3n) is 4.56. The zero-order valence-electron chi connectivity index (χ0n) is 14.5. The first-order valence-electron chi connectivity index (χ1n) is 8.51. The van der Waals surface area contributed by atoms with Gasteiger partial charge in [0.25, 0.3) is 0 Å². The van der Waals surface area contributed by atoms with Gasteiger partial charge in [0.05, 0.1) is 12.2 Å². The molecule has 1 aromatic rings. The first kappa shape index (κ1) is 19.1. The molecule has 0 amide bonds. The van der Waals surface area contributed by atoms with Crippen molar-refractivity contribution in [2.75, 3.05) is 6.61 Å². The molecule has 0 unspecified atom stereocenters. The molecular formula is C19H17F4NO3. The molecule has 0 fully saturated rings. The Morgan fingerprint density at radius 3 is 2.48 bits per heavy atom. The van der Waals surface area contributed by atoms with E-state index < -0.39 is 35.2 Å². The van der Waals surface area contributed by atoms with Crippen molar-refractivity contribution < 1.29 is 31.9 Å². The number of dihydropyridines is 1. The van der Waals surface area contributed by atoms with Crippen LogP contribution in [0.25, 0.3) is 0 Å². The molecule has 0 aromatic heterocycles. The van der Waals surface area contributed by atoms with Gasteiger partial charge in [-0.05, 0) is 37.5 Å². The smallest absolute Gasteiger partial charge is 0.431 e. The molecule has 1 atom stereocenters. The van der Waals surface area contributed by atoms with Gasteiger partial charge in [-0.25, -0.2) is 9.18 Å². The lowest BCUT2D eigenvalue weighted by molar-refractivity contribution is -0.140. The first-order chi connectivity index (χ1) is 12.7. The summed E-state index contributed by atoms with van der Waals surface area (Å²) < 4.78 is 59.3. The summed E-state index contributed by atoms with van der Waals surface area (Å²) in [5.74, 6) is -3.32. The minimum atomic E-state index is -4.85. The maximum Gasteiger partial charge on any atom is 0.431 e. The second-order valence-electron chi connectivity index (χ2n) is 6.29. The van der Waals surface area contributed by atoms with Crippen LogP contribution in [0.2, 0.25) is 0 Å². The quantitative estimate of drug-likeness (QED) is 0.635. The number of Topliss-reactive ketones (excluding diaryl/α,β-unsaturated/α-hetero) is 1. The van der Waals surface area contributed by atoms with Gasteiger partial charge in [0.2, 0.25) is 0 Å². The lowest BCUT2D eigenvalue weighted by atomic mass is 9.75. The summed E-state index contributed by atoms with van der Waals surface area (Å²) in [7, 11) is 0. The molecule has 2 aliphatic rings. The SMILES string of the molecule is CCOC(=O)C1=C(C(F)(F)F)NC2=C(C(=O)CCC2)[C@@H]1c1ccc(F)cc1. The standard InChI is InChI=1S/C19H17F4NO3/c1-2-27-18(26)16-14(10-6-8-11(20)9-7-10)15-12(4-3-5-13(15)25)24-17(16)19(21,22)23/h6-9,14,24H,2-5H2,1H3/t14-/m0/s1. The largest absolute Gasteiger partial charge is 0.463 e. The van der Waals surface area contributed by atoms with Crippen molar-refractivity contribution in [1.82, 2.24) is 5.32 Å². The molecule has 0 saturated carbocycles. The molecule has 1 aliphatic carbocycles. The number of esters is 1. The van der Waals surface area contributed by atoms with Gasteiger partial charge in [-0.2, -0.15) is 13.2 Å². The van der Waals surface area contributed by atoms with Crippen LogP contribution in [0.1, 0.15) is 37.7 Å². The average molecular weight is 383 g/mol. The average Bonchev–Trinajstić information content (AvgIpc) is 2.60. The fourth-order valence-electron chi connectivity index (χ4n) is 3.48. The summed E-state index contributed by atoms with van der Waals surface area (Å²) in [6, 6.07) is 4.73. The highest BCUT2D eigenvalue weighted by molar-refractivity contribution is 6.03. The van der Waals surface area contributed by atoms with E-state index in [0.717, 1.165) is 12.1 Å². The van der Waals surface area contributed by atoms with E-state index in [4.69, 9.17) is 4.74 Å². The zero-order chi connectivity index (χ0) is 19.8. The number of hydrogen-bond donors (Lipinski definition) is 1. The van der Waals surface area contributed by atoms with Crippen LogP contribution < -0.4 is 5.32 Å². The molecule has 0 radical (unpaired) electrons.